The lowest BCUT2D eigenvalue weighted by Crippen LogP contribution is -2.19. The highest BCUT2D eigenvalue weighted by atomic mass is 35.5. The second-order valence-corrected chi connectivity index (χ2v) is 3.90. The van der Waals surface area contributed by atoms with Crippen LogP contribution in [0.3, 0.4) is 0 Å². The number of halogens is 2. The molecule has 0 unspecified atom stereocenters. The largest absolute Gasteiger partial charge is 0.311 e. The summed E-state index contributed by atoms with van der Waals surface area (Å²) in [5.41, 5.74) is 1.19. The van der Waals surface area contributed by atoms with Crippen molar-refractivity contribution in [1.29, 1.82) is 0 Å². The van der Waals surface area contributed by atoms with E-state index < -0.39 is 0 Å². The molecule has 0 saturated heterocycles. The maximum atomic E-state index is 5.89. The molecule has 0 saturated carbocycles. The first-order valence-electron chi connectivity index (χ1n) is 5.12. The van der Waals surface area contributed by atoms with Crippen molar-refractivity contribution in [2.45, 2.75) is 13.1 Å². The second-order valence-electron chi connectivity index (χ2n) is 3.47. The van der Waals surface area contributed by atoms with Gasteiger partial charge in [0, 0.05) is 18.1 Å². The predicted molar refractivity (Wildman–Crippen MR) is 70.4 cm³/mol. The van der Waals surface area contributed by atoms with Gasteiger partial charge < -0.3 is 5.32 Å². The summed E-state index contributed by atoms with van der Waals surface area (Å²) in [6, 6.07) is 7.84. The molecule has 0 aliphatic rings. The van der Waals surface area contributed by atoms with Crippen LogP contribution in [0.25, 0.3) is 0 Å². The van der Waals surface area contributed by atoms with Gasteiger partial charge in [0.05, 0.1) is 6.54 Å². The van der Waals surface area contributed by atoms with Crippen LogP contribution in [0.1, 0.15) is 5.56 Å². The molecule has 0 aliphatic carbocycles. The van der Waals surface area contributed by atoms with Crippen LogP contribution in [0.15, 0.2) is 36.9 Å². The third-order valence-electron chi connectivity index (χ3n) is 2.20. The Morgan fingerprint density at radius 1 is 1.35 bits per heavy atom. The fraction of sp³-hybridized carbons (Fsp3) is 0.273. The smallest absolute Gasteiger partial charge is 0.137 e. The average Bonchev–Trinajstić information content (AvgIpc) is 2.77. The Morgan fingerprint density at radius 2 is 2.24 bits per heavy atom. The Hall–Kier alpha value is -1.10. The fourth-order valence-electron chi connectivity index (χ4n) is 1.42. The van der Waals surface area contributed by atoms with Crippen molar-refractivity contribution in [2.24, 2.45) is 0 Å². The molecule has 0 fully saturated rings. The molecule has 0 radical (unpaired) electrons. The average molecular weight is 273 g/mol. The Morgan fingerprint density at radius 3 is 2.94 bits per heavy atom. The van der Waals surface area contributed by atoms with E-state index in [0.29, 0.717) is 0 Å². The fourth-order valence-corrected chi connectivity index (χ4v) is 1.63. The number of nitrogens with zero attached hydrogens (tertiary/aromatic N) is 3. The van der Waals surface area contributed by atoms with Gasteiger partial charge in [0.15, 0.2) is 0 Å². The first-order valence-corrected chi connectivity index (χ1v) is 5.50. The summed E-state index contributed by atoms with van der Waals surface area (Å²) in [6.07, 6.45) is 3.25. The molecule has 17 heavy (non-hydrogen) atoms. The van der Waals surface area contributed by atoms with E-state index in [4.69, 9.17) is 11.6 Å². The van der Waals surface area contributed by atoms with Gasteiger partial charge in [-0.05, 0) is 17.7 Å². The number of hydrogen-bond acceptors (Lipinski definition) is 3. The van der Waals surface area contributed by atoms with Crippen LogP contribution >= 0.6 is 24.0 Å². The van der Waals surface area contributed by atoms with E-state index in [0.717, 1.165) is 24.7 Å². The minimum atomic E-state index is 0. The monoisotopic (exact) mass is 272 g/mol. The molecule has 2 rings (SSSR count). The molecule has 92 valence electrons. The van der Waals surface area contributed by atoms with Crippen LogP contribution in [-0.2, 0) is 13.1 Å². The molecular weight excluding hydrogens is 259 g/mol. The summed E-state index contributed by atoms with van der Waals surface area (Å²) >= 11 is 5.89. The highest BCUT2D eigenvalue weighted by Crippen LogP contribution is 2.09. The minimum Gasteiger partial charge on any atom is -0.311 e. The normalized spacial score (nSPS) is 9.94. The molecule has 0 atom stereocenters. The van der Waals surface area contributed by atoms with Crippen molar-refractivity contribution in [2.75, 3.05) is 6.54 Å². The number of rotatable bonds is 5. The van der Waals surface area contributed by atoms with Gasteiger partial charge in [-0.25, -0.2) is 4.98 Å². The zero-order valence-electron chi connectivity index (χ0n) is 9.21. The highest BCUT2D eigenvalue weighted by molar-refractivity contribution is 6.30. The van der Waals surface area contributed by atoms with E-state index in [1.54, 1.807) is 11.0 Å². The van der Waals surface area contributed by atoms with Crippen LogP contribution in [-0.4, -0.2) is 21.3 Å². The lowest BCUT2D eigenvalue weighted by Gasteiger charge is -2.05. The van der Waals surface area contributed by atoms with Gasteiger partial charge in [0.25, 0.3) is 0 Å². The summed E-state index contributed by atoms with van der Waals surface area (Å²) < 4.78 is 1.80. The van der Waals surface area contributed by atoms with Crippen molar-refractivity contribution in [3.8, 4) is 0 Å². The number of nitrogens with one attached hydrogen (secondary N) is 1. The molecule has 6 heteroatoms. The molecule has 0 spiro atoms. The predicted octanol–water partition coefficient (Wildman–Crippen LogP) is 2.14. The summed E-state index contributed by atoms with van der Waals surface area (Å²) in [4.78, 5) is 3.88. The molecule has 4 nitrogen and oxygen atoms in total. The number of aromatic nitrogens is 3. The van der Waals surface area contributed by atoms with Gasteiger partial charge in [-0.15, -0.1) is 12.4 Å². The topological polar surface area (TPSA) is 42.7 Å². The van der Waals surface area contributed by atoms with Gasteiger partial charge in [0.2, 0.25) is 0 Å². The number of hydrogen-bond donors (Lipinski definition) is 1. The highest BCUT2D eigenvalue weighted by Gasteiger charge is 1.94. The lowest BCUT2D eigenvalue weighted by atomic mass is 10.2. The minimum absolute atomic E-state index is 0. The number of benzene rings is 1. The molecule has 2 aromatic rings. The molecule has 1 heterocycles. The van der Waals surface area contributed by atoms with Crippen molar-refractivity contribution >= 4 is 24.0 Å². The SMILES string of the molecule is Cl.Clc1cccc(CNCCn2cncn2)c1. The maximum Gasteiger partial charge on any atom is 0.137 e. The quantitative estimate of drug-likeness (QED) is 0.849. The summed E-state index contributed by atoms with van der Waals surface area (Å²) in [5.74, 6) is 0. The molecular formula is C11H14Cl2N4. The van der Waals surface area contributed by atoms with Crippen molar-refractivity contribution in [3.63, 3.8) is 0 Å². The third-order valence-corrected chi connectivity index (χ3v) is 2.44. The molecule has 1 aromatic heterocycles. The summed E-state index contributed by atoms with van der Waals surface area (Å²) in [6.45, 7) is 2.49. The van der Waals surface area contributed by atoms with Gasteiger partial charge in [-0.2, -0.15) is 5.10 Å². The van der Waals surface area contributed by atoms with Crippen LogP contribution in [0.5, 0.6) is 0 Å². The Balaban J connectivity index is 0.00000144. The summed E-state index contributed by atoms with van der Waals surface area (Å²) in [7, 11) is 0. The van der Waals surface area contributed by atoms with Crippen molar-refractivity contribution in [3.05, 3.63) is 47.5 Å². The van der Waals surface area contributed by atoms with E-state index in [-0.39, 0.29) is 12.4 Å². The first-order chi connectivity index (χ1) is 7.84. The van der Waals surface area contributed by atoms with Crippen LogP contribution in [0.2, 0.25) is 5.02 Å². The standard InChI is InChI=1S/C11H13ClN4.ClH/c12-11-3-1-2-10(6-11)7-13-4-5-16-9-14-8-15-16;/h1-3,6,8-9,13H,4-5,7H2;1H. The van der Waals surface area contributed by atoms with E-state index in [9.17, 15) is 0 Å². The van der Waals surface area contributed by atoms with E-state index in [1.165, 1.54) is 11.9 Å². The third kappa shape index (κ3) is 4.73. The zero-order valence-corrected chi connectivity index (χ0v) is 10.8. The van der Waals surface area contributed by atoms with Gasteiger partial charge >= 0.3 is 0 Å². The van der Waals surface area contributed by atoms with Crippen LogP contribution < -0.4 is 5.32 Å². The second kappa shape index (κ2) is 7.27. The Bertz CT molecular complexity index is 431. The van der Waals surface area contributed by atoms with Gasteiger partial charge in [0.1, 0.15) is 12.7 Å². The van der Waals surface area contributed by atoms with Gasteiger partial charge in [-0.1, -0.05) is 23.7 Å². The van der Waals surface area contributed by atoms with E-state index >= 15 is 0 Å². The molecule has 0 bridgehead atoms. The molecule has 0 aliphatic heterocycles. The lowest BCUT2D eigenvalue weighted by molar-refractivity contribution is 0.554. The Labute approximate surface area is 111 Å². The van der Waals surface area contributed by atoms with Crippen molar-refractivity contribution in [1.82, 2.24) is 20.1 Å². The zero-order chi connectivity index (χ0) is 11.2. The summed E-state index contributed by atoms with van der Waals surface area (Å²) in [5, 5.41) is 8.11. The van der Waals surface area contributed by atoms with Gasteiger partial charge in [-0.3, -0.25) is 4.68 Å². The van der Waals surface area contributed by atoms with Crippen molar-refractivity contribution < 1.29 is 0 Å². The maximum absolute atomic E-state index is 5.89. The van der Waals surface area contributed by atoms with E-state index in [1.807, 2.05) is 24.3 Å². The molecule has 1 N–H and O–H groups in total. The Kier molecular flexibility index (Phi) is 5.97. The van der Waals surface area contributed by atoms with E-state index in [2.05, 4.69) is 15.4 Å². The molecule has 0 amide bonds. The van der Waals surface area contributed by atoms with Crippen LogP contribution in [0, 0.1) is 0 Å². The van der Waals surface area contributed by atoms with Crippen LogP contribution in [0.4, 0.5) is 0 Å². The first kappa shape index (κ1) is 14.0. The molecule has 1 aromatic carbocycles.